The molecular formula is C19H21FN2O. The fourth-order valence-electron chi connectivity index (χ4n) is 2.90. The van der Waals surface area contributed by atoms with E-state index in [1.165, 1.54) is 24.6 Å². The molecule has 1 heterocycles. The van der Waals surface area contributed by atoms with Gasteiger partial charge in [0.05, 0.1) is 0 Å². The first-order chi connectivity index (χ1) is 11.2. The van der Waals surface area contributed by atoms with Crippen LogP contribution in [-0.2, 0) is 11.2 Å². The van der Waals surface area contributed by atoms with Gasteiger partial charge >= 0.3 is 0 Å². The molecule has 1 aliphatic rings. The zero-order chi connectivity index (χ0) is 16.1. The first-order valence-corrected chi connectivity index (χ1v) is 8.10. The lowest BCUT2D eigenvalue weighted by Crippen LogP contribution is -2.17. The topological polar surface area (TPSA) is 32.3 Å². The third-order valence-corrected chi connectivity index (χ3v) is 4.20. The van der Waals surface area contributed by atoms with E-state index in [0.29, 0.717) is 12.0 Å². The molecule has 0 bridgehead atoms. The number of nitrogens with zero attached hydrogens (tertiary/aromatic N) is 1. The van der Waals surface area contributed by atoms with Gasteiger partial charge in [0.15, 0.2) is 0 Å². The monoisotopic (exact) mass is 312 g/mol. The quantitative estimate of drug-likeness (QED) is 0.905. The van der Waals surface area contributed by atoms with Crippen LogP contribution in [0.1, 0.15) is 24.8 Å². The molecular weight excluding hydrogens is 291 g/mol. The molecule has 1 fully saturated rings. The molecule has 1 aliphatic heterocycles. The third-order valence-electron chi connectivity index (χ3n) is 4.20. The van der Waals surface area contributed by atoms with Crippen LogP contribution >= 0.6 is 0 Å². The standard InChI is InChI=1S/C19H21FN2O/c20-18-6-2-1-5-15(18)7-12-19(23)21-16-8-10-17(11-9-16)22-13-3-4-14-22/h1-2,5-6,8-11H,3-4,7,12-14H2,(H,21,23). The summed E-state index contributed by atoms with van der Waals surface area (Å²) in [6, 6.07) is 14.5. The normalized spacial score (nSPS) is 14.0. The maximum absolute atomic E-state index is 13.5. The van der Waals surface area contributed by atoms with Crippen molar-refractivity contribution in [3.8, 4) is 0 Å². The minimum absolute atomic E-state index is 0.0952. The Bertz CT molecular complexity index is 663. The predicted molar refractivity (Wildman–Crippen MR) is 91.2 cm³/mol. The van der Waals surface area contributed by atoms with Crippen molar-refractivity contribution in [3.05, 3.63) is 59.9 Å². The second-order valence-electron chi connectivity index (χ2n) is 5.88. The maximum atomic E-state index is 13.5. The Hall–Kier alpha value is -2.36. The van der Waals surface area contributed by atoms with Crippen LogP contribution in [0, 0.1) is 5.82 Å². The van der Waals surface area contributed by atoms with Gasteiger partial charge in [0.1, 0.15) is 5.82 Å². The lowest BCUT2D eigenvalue weighted by molar-refractivity contribution is -0.116. The molecule has 2 aromatic rings. The molecule has 120 valence electrons. The van der Waals surface area contributed by atoms with Crippen molar-refractivity contribution in [2.24, 2.45) is 0 Å². The summed E-state index contributed by atoms with van der Waals surface area (Å²) in [5.74, 6) is -0.350. The van der Waals surface area contributed by atoms with E-state index >= 15 is 0 Å². The number of amides is 1. The van der Waals surface area contributed by atoms with Gasteiger partial charge in [0, 0.05) is 30.9 Å². The van der Waals surface area contributed by atoms with E-state index in [-0.39, 0.29) is 18.1 Å². The molecule has 0 unspecified atom stereocenters. The summed E-state index contributed by atoms with van der Waals surface area (Å²) in [6.07, 6.45) is 3.17. The zero-order valence-corrected chi connectivity index (χ0v) is 13.1. The summed E-state index contributed by atoms with van der Waals surface area (Å²) in [5.41, 5.74) is 2.56. The predicted octanol–water partition coefficient (Wildman–Crippen LogP) is 4.00. The van der Waals surface area contributed by atoms with Crippen molar-refractivity contribution in [3.63, 3.8) is 0 Å². The largest absolute Gasteiger partial charge is 0.372 e. The molecule has 0 radical (unpaired) electrons. The van der Waals surface area contributed by atoms with Gasteiger partial charge in [-0.05, 0) is 55.2 Å². The van der Waals surface area contributed by atoms with Crippen LogP contribution in [0.15, 0.2) is 48.5 Å². The van der Waals surface area contributed by atoms with Crippen molar-refractivity contribution in [1.82, 2.24) is 0 Å². The summed E-state index contributed by atoms with van der Waals surface area (Å²) in [4.78, 5) is 14.3. The van der Waals surface area contributed by atoms with Gasteiger partial charge in [0.2, 0.25) is 5.91 Å². The highest BCUT2D eigenvalue weighted by molar-refractivity contribution is 5.91. The summed E-state index contributed by atoms with van der Waals surface area (Å²) in [7, 11) is 0. The van der Waals surface area contributed by atoms with Crippen LogP contribution in [0.2, 0.25) is 0 Å². The molecule has 3 nitrogen and oxygen atoms in total. The number of carbonyl (C=O) groups is 1. The number of hydrogen-bond donors (Lipinski definition) is 1. The maximum Gasteiger partial charge on any atom is 0.224 e. The highest BCUT2D eigenvalue weighted by Crippen LogP contribution is 2.22. The Kier molecular flexibility index (Phi) is 4.91. The molecule has 1 N–H and O–H groups in total. The van der Waals surface area contributed by atoms with Gasteiger partial charge in [-0.1, -0.05) is 18.2 Å². The number of hydrogen-bond acceptors (Lipinski definition) is 2. The fourth-order valence-corrected chi connectivity index (χ4v) is 2.90. The Balaban J connectivity index is 1.52. The smallest absolute Gasteiger partial charge is 0.224 e. The lowest BCUT2D eigenvalue weighted by atomic mass is 10.1. The molecule has 2 aromatic carbocycles. The number of aryl methyl sites for hydroxylation is 1. The van der Waals surface area contributed by atoms with Crippen molar-refractivity contribution in [2.45, 2.75) is 25.7 Å². The van der Waals surface area contributed by atoms with E-state index in [9.17, 15) is 9.18 Å². The second kappa shape index (κ2) is 7.27. The molecule has 23 heavy (non-hydrogen) atoms. The Morgan fingerprint density at radius 2 is 1.74 bits per heavy atom. The van der Waals surface area contributed by atoms with E-state index < -0.39 is 0 Å². The molecule has 0 spiro atoms. The minimum atomic E-state index is -0.254. The van der Waals surface area contributed by atoms with Gasteiger partial charge in [0.25, 0.3) is 0 Å². The lowest BCUT2D eigenvalue weighted by Gasteiger charge is -2.17. The van der Waals surface area contributed by atoms with Crippen LogP contribution in [-0.4, -0.2) is 19.0 Å². The van der Waals surface area contributed by atoms with Gasteiger partial charge in [-0.25, -0.2) is 4.39 Å². The van der Waals surface area contributed by atoms with Crippen molar-refractivity contribution in [1.29, 1.82) is 0 Å². The molecule has 1 saturated heterocycles. The van der Waals surface area contributed by atoms with Gasteiger partial charge in [-0.2, -0.15) is 0 Å². The van der Waals surface area contributed by atoms with E-state index in [1.807, 2.05) is 24.3 Å². The molecule has 0 aliphatic carbocycles. The number of rotatable bonds is 5. The SMILES string of the molecule is O=C(CCc1ccccc1F)Nc1ccc(N2CCCC2)cc1. The average molecular weight is 312 g/mol. The molecule has 0 saturated carbocycles. The fraction of sp³-hybridized carbons (Fsp3) is 0.316. The van der Waals surface area contributed by atoms with Crippen LogP contribution < -0.4 is 10.2 Å². The summed E-state index contributed by atoms with van der Waals surface area (Å²) < 4.78 is 13.5. The number of carbonyl (C=O) groups excluding carboxylic acids is 1. The van der Waals surface area contributed by atoms with Crippen LogP contribution in [0.4, 0.5) is 15.8 Å². The van der Waals surface area contributed by atoms with E-state index in [1.54, 1.807) is 18.2 Å². The Labute approximate surface area is 136 Å². The summed E-state index contributed by atoms with van der Waals surface area (Å²) in [5, 5.41) is 2.87. The van der Waals surface area contributed by atoms with Gasteiger partial charge in [-0.3, -0.25) is 4.79 Å². The van der Waals surface area contributed by atoms with Gasteiger partial charge in [-0.15, -0.1) is 0 Å². The van der Waals surface area contributed by atoms with E-state index in [4.69, 9.17) is 0 Å². The van der Waals surface area contributed by atoms with Crippen LogP contribution in [0.3, 0.4) is 0 Å². The summed E-state index contributed by atoms with van der Waals surface area (Å²) in [6.45, 7) is 2.21. The third kappa shape index (κ3) is 4.09. The van der Waals surface area contributed by atoms with Gasteiger partial charge < -0.3 is 10.2 Å². The first kappa shape index (κ1) is 15.5. The first-order valence-electron chi connectivity index (χ1n) is 8.10. The molecule has 3 rings (SSSR count). The van der Waals surface area contributed by atoms with Crippen LogP contribution in [0.25, 0.3) is 0 Å². The number of benzene rings is 2. The Morgan fingerprint density at radius 3 is 2.43 bits per heavy atom. The van der Waals surface area contributed by atoms with E-state index in [2.05, 4.69) is 10.2 Å². The highest BCUT2D eigenvalue weighted by Gasteiger charge is 2.12. The molecule has 4 heteroatoms. The van der Waals surface area contributed by atoms with E-state index in [0.717, 1.165) is 18.8 Å². The molecule has 0 atom stereocenters. The van der Waals surface area contributed by atoms with Crippen molar-refractivity contribution in [2.75, 3.05) is 23.3 Å². The number of halogens is 1. The minimum Gasteiger partial charge on any atom is -0.372 e. The average Bonchev–Trinajstić information content (AvgIpc) is 3.09. The highest BCUT2D eigenvalue weighted by atomic mass is 19.1. The van der Waals surface area contributed by atoms with Crippen LogP contribution in [0.5, 0.6) is 0 Å². The number of nitrogens with one attached hydrogen (secondary N) is 1. The summed E-state index contributed by atoms with van der Waals surface area (Å²) >= 11 is 0. The van der Waals surface area contributed by atoms with Crippen molar-refractivity contribution < 1.29 is 9.18 Å². The second-order valence-corrected chi connectivity index (χ2v) is 5.88. The van der Waals surface area contributed by atoms with Crippen molar-refractivity contribution >= 4 is 17.3 Å². The number of anilines is 2. The zero-order valence-electron chi connectivity index (χ0n) is 13.1. The molecule has 0 aromatic heterocycles. The Morgan fingerprint density at radius 1 is 1.04 bits per heavy atom. The molecule has 1 amide bonds.